The molecule has 18 heavy (non-hydrogen) atoms. The molecule has 0 saturated heterocycles. The molecule has 0 bridgehead atoms. The van der Waals surface area contributed by atoms with Gasteiger partial charge in [-0.25, -0.2) is 9.37 Å². The molecule has 0 radical (unpaired) electrons. The molecular weight excluding hydrogens is 249 g/mol. The van der Waals surface area contributed by atoms with Crippen molar-refractivity contribution in [1.82, 2.24) is 4.98 Å². The number of rotatable bonds is 4. The summed E-state index contributed by atoms with van der Waals surface area (Å²) in [5.74, 6) is -0.270. The van der Waals surface area contributed by atoms with Gasteiger partial charge in [0.2, 0.25) is 0 Å². The lowest BCUT2D eigenvalue weighted by Crippen LogP contribution is -2.08. The number of aromatic nitrogens is 1. The van der Waals surface area contributed by atoms with Gasteiger partial charge in [0.25, 0.3) is 0 Å². The lowest BCUT2D eigenvalue weighted by Gasteiger charge is -2.10. The van der Waals surface area contributed by atoms with Crippen molar-refractivity contribution in [3.05, 3.63) is 39.6 Å². The fourth-order valence-electron chi connectivity index (χ4n) is 1.70. The van der Waals surface area contributed by atoms with Crippen LogP contribution in [-0.4, -0.2) is 11.5 Å². The number of nitrogens with zero attached hydrogens (tertiary/aromatic N) is 1. The van der Waals surface area contributed by atoms with Gasteiger partial charge in [-0.3, -0.25) is 0 Å². The number of benzene rings is 1. The van der Waals surface area contributed by atoms with Crippen LogP contribution in [0.3, 0.4) is 0 Å². The van der Waals surface area contributed by atoms with Crippen molar-refractivity contribution in [2.24, 2.45) is 0 Å². The minimum atomic E-state index is -0.270. The van der Waals surface area contributed by atoms with Crippen LogP contribution >= 0.6 is 11.3 Å². The highest BCUT2D eigenvalue weighted by Crippen LogP contribution is 2.22. The van der Waals surface area contributed by atoms with Crippen LogP contribution in [0.15, 0.2) is 17.5 Å². The smallest absolute Gasteiger partial charge is 0.128 e. The zero-order chi connectivity index (χ0) is 13.1. The van der Waals surface area contributed by atoms with Crippen LogP contribution in [0.2, 0.25) is 0 Å². The van der Waals surface area contributed by atoms with Crippen LogP contribution in [0, 0.1) is 19.7 Å². The maximum absolute atomic E-state index is 13.2. The molecule has 0 aliphatic carbocycles. The van der Waals surface area contributed by atoms with E-state index in [4.69, 9.17) is 5.73 Å². The zero-order valence-electron chi connectivity index (χ0n) is 10.5. The van der Waals surface area contributed by atoms with E-state index in [-0.39, 0.29) is 5.82 Å². The number of hydrogen-bond acceptors (Lipinski definition) is 4. The van der Waals surface area contributed by atoms with E-state index >= 15 is 0 Å². The van der Waals surface area contributed by atoms with Gasteiger partial charge in [0, 0.05) is 18.3 Å². The van der Waals surface area contributed by atoms with Gasteiger partial charge in [-0.05, 0) is 31.5 Å². The maximum atomic E-state index is 13.2. The topological polar surface area (TPSA) is 50.9 Å². The van der Waals surface area contributed by atoms with E-state index in [1.165, 1.54) is 6.07 Å². The number of nitrogens with two attached hydrogens (primary N) is 1. The van der Waals surface area contributed by atoms with Gasteiger partial charge in [0.15, 0.2) is 0 Å². The fraction of sp³-hybridized carbons (Fsp3) is 0.308. The van der Waals surface area contributed by atoms with Crippen molar-refractivity contribution < 1.29 is 4.39 Å². The van der Waals surface area contributed by atoms with Crippen LogP contribution in [0.1, 0.15) is 16.3 Å². The van der Waals surface area contributed by atoms with Crippen LogP contribution in [0.4, 0.5) is 15.8 Å². The highest BCUT2D eigenvalue weighted by molar-refractivity contribution is 7.09. The summed E-state index contributed by atoms with van der Waals surface area (Å²) in [6, 6.07) is 3.08. The van der Waals surface area contributed by atoms with E-state index in [0.717, 1.165) is 29.4 Å². The van der Waals surface area contributed by atoms with Crippen LogP contribution < -0.4 is 11.1 Å². The minimum absolute atomic E-state index is 0.270. The Kier molecular flexibility index (Phi) is 3.81. The lowest BCUT2D eigenvalue weighted by molar-refractivity contribution is 0.619. The molecule has 2 aromatic rings. The van der Waals surface area contributed by atoms with Crippen LogP contribution in [-0.2, 0) is 6.42 Å². The molecule has 1 aromatic carbocycles. The maximum Gasteiger partial charge on any atom is 0.128 e. The normalized spacial score (nSPS) is 10.6. The van der Waals surface area contributed by atoms with Gasteiger partial charge in [0.05, 0.1) is 22.1 Å². The summed E-state index contributed by atoms with van der Waals surface area (Å²) in [6.07, 6.45) is 0.834. The van der Waals surface area contributed by atoms with Crippen molar-refractivity contribution in [2.45, 2.75) is 20.3 Å². The zero-order valence-corrected chi connectivity index (χ0v) is 11.3. The summed E-state index contributed by atoms with van der Waals surface area (Å²) in [4.78, 5) is 4.38. The monoisotopic (exact) mass is 265 g/mol. The first-order chi connectivity index (χ1) is 8.56. The molecule has 3 nitrogen and oxygen atoms in total. The molecule has 96 valence electrons. The molecule has 2 rings (SSSR count). The summed E-state index contributed by atoms with van der Waals surface area (Å²) in [7, 11) is 0. The second kappa shape index (κ2) is 5.35. The number of anilines is 2. The van der Waals surface area contributed by atoms with Gasteiger partial charge < -0.3 is 11.1 Å². The van der Waals surface area contributed by atoms with E-state index < -0.39 is 0 Å². The Balaban J connectivity index is 1.96. The third kappa shape index (κ3) is 2.98. The molecule has 3 N–H and O–H groups in total. The van der Waals surface area contributed by atoms with E-state index in [2.05, 4.69) is 15.7 Å². The first kappa shape index (κ1) is 12.8. The summed E-state index contributed by atoms with van der Waals surface area (Å²) >= 11 is 1.65. The molecule has 0 unspecified atom stereocenters. The van der Waals surface area contributed by atoms with Crippen molar-refractivity contribution in [2.75, 3.05) is 17.6 Å². The van der Waals surface area contributed by atoms with E-state index in [9.17, 15) is 4.39 Å². The summed E-state index contributed by atoms with van der Waals surface area (Å²) in [5, 5.41) is 6.33. The molecule has 1 heterocycles. The fourth-order valence-corrected chi connectivity index (χ4v) is 2.35. The second-order valence-corrected chi connectivity index (χ2v) is 5.29. The summed E-state index contributed by atoms with van der Waals surface area (Å²) in [5.41, 5.74) is 8.64. The van der Waals surface area contributed by atoms with E-state index in [1.54, 1.807) is 24.3 Å². The molecule has 0 spiro atoms. The average molecular weight is 265 g/mol. The van der Waals surface area contributed by atoms with E-state index in [0.29, 0.717) is 11.3 Å². The summed E-state index contributed by atoms with van der Waals surface area (Å²) in [6.45, 7) is 4.45. The second-order valence-electron chi connectivity index (χ2n) is 4.22. The highest BCUT2D eigenvalue weighted by Gasteiger charge is 2.05. The Hall–Kier alpha value is -1.62. The predicted molar refractivity (Wildman–Crippen MR) is 74.6 cm³/mol. The van der Waals surface area contributed by atoms with E-state index in [1.807, 2.05) is 6.92 Å². The third-order valence-electron chi connectivity index (χ3n) is 2.69. The van der Waals surface area contributed by atoms with Gasteiger partial charge in [-0.2, -0.15) is 0 Å². The Morgan fingerprint density at radius 2 is 2.17 bits per heavy atom. The third-order valence-corrected chi connectivity index (χ3v) is 3.52. The van der Waals surface area contributed by atoms with Crippen molar-refractivity contribution in [3.63, 3.8) is 0 Å². The Bertz CT molecular complexity index is 551. The van der Waals surface area contributed by atoms with Gasteiger partial charge in [-0.15, -0.1) is 11.3 Å². The lowest BCUT2D eigenvalue weighted by atomic mass is 10.1. The molecule has 0 atom stereocenters. The number of hydrogen-bond donors (Lipinski definition) is 2. The van der Waals surface area contributed by atoms with Crippen LogP contribution in [0.5, 0.6) is 0 Å². The molecule has 0 aliphatic heterocycles. The standard InChI is InChI=1S/C13H16FN3S/c1-8-5-13(12(15)6-11(8)14)16-4-3-10-7-18-9(2)17-10/h5-7,16H,3-4,15H2,1-2H3. The molecule has 1 aromatic heterocycles. The molecule has 0 aliphatic rings. The first-order valence-electron chi connectivity index (χ1n) is 5.77. The van der Waals surface area contributed by atoms with Gasteiger partial charge in [0.1, 0.15) is 5.82 Å². The summed E-state index contributed by atoms with van der Waals surface area (Å²) < 4.78 is 13.2. The number of aryl methyl sites for hydroxylation is 2. The Morgan fingerprint density at radius 3 is 2.83 bits per heavy atom. The Morgan fingerprint density at radius 1 is 1.39 bits per heavy atom. The van der Waals surface area contributed by atoms with Gasteiger partial charge >= 0.3 is 0 Å². The van der Waals surface area contributed by atoms with Crippen molar-refractivity contribution >= 4 is 22.7 Å². The van der Waals surface area contributed by atoms with Crippen molar-refractivity contribution in [1.29, 1.82) is 0 Å². The first-order valence-corrected chi connectivity index (χ1v) is 6.64. The molecule has 0 amide bonds. The largest absolute Gasteiger partial charge is 0.397 e. The SMILES string of the molecule is Cc1nc(CCNc2cc(C)c(F)cc2N)cs1. The van der Waals surface area contributed by atoms with Gasteiger partial charge in [-0.1, -0.05) is 0 Å². The minimum Gasteiger partial charge on any atom is -0.397 e. The predicted octanol–water partition coefficient (Wildman–Crippen LogP) is 3.14. The molecule has 0 fully saturated rings. The molecule has 0 saturated carbocycles. The average Bonchev–Trinajstić information content (AvgIpc) is 2.71. The number of nitrogen functional groups attached to an aromatic ring is 1. The molecular formula is C13H16FN3S. The Labute approximate surface area is 110 Å². The number of halogens is 1. The van der Waals surface area contributed by atoms with Crippen molar-refractivity contribution in [3.8, 4) is 0 Å². The highest BCUT2D eigenvalue weighted by atomic mass is 32.1. The molecule has 5 heteroatoms. The quantitative estimate of drug-likeness (QED) is 0.835. The number of nitrogens with one attached hydrogen (secondary N) is 1. The van der Waals surface area contributed by atoms with Crippen LogP contribution in [0.25, 0.3) is 0 Å². The number of thiazole rings is 1.